The number of aromatic nitrogens is 1. The normalized spacial score (nSPS) is 12.9. The number of aromatic amines is 1. The van der Waals surface area contributed by atoms with Crippen LogP contribution < -0.4 is 5.73 Å². The highest BCUT2D eigenvalue weighted by Gasteiger charge is 2.13. The number of amides is 1. The third kappa shape index (κ3) is 1.96. The van der Waals surface area contributed by atoms with Crippen LogP contribution in [0.3, 0.4) is 0 Å². The van der Waals surface area contributed by atoms with Crippen LogP contribution in [-0.2, 0) is 4.79 Å². The van der Waals surface area contributed by atoms with E-state index in [1.807, 2.05) is 43.3 Å². The van der Waals surface area contributed by atoms with Crippen LogP contribution in [-0.4, -0.2) is 10.9 Å². The molecule has 0 saturated carbocycles. The number of hydrogen-bond donors (Lipinski definition) is 2. The summed E-state index contributed by atoms with van der Waals surface area (Å²) in [5, 5.41) is 2.89. The van der Waals surface area contributed by atoms with Crippen molar-refractivity contribution in [1.29, 1.82) is 0 Å². The molecule has 2 aromatic carbocycles. The molecule has 1 heterocycles. The number of fused-ring (bicyclic) bond motifs is 3. The molecule has 0 aliphatic carbocycles. The third-order valence-electron chi connectivity index (χ3n) is 3.51. The van der Waals surface area contributed by atoms with E-state index in [0.717, 1.165) is 27.4 Å². The van der Waals surface area contributed by atoms with Crippen molar-refractivity contribution in [1.82, 2.24) is 4.98 Å². The summed E-state index contributed by atoms with van der Waals surface area (Å²) in [6.45, 7) is 1.81. The van der Waals surface area contributed by atoms with E-state index in [2.05, 4.69) is 4.98 Å². The second kappa shape index (κ2) is 4.28. The highest BCUT2D eigenvalue weighted by atomic mass is 35.5. The molecule has 19 heavy (non-hydrogen) atoms. The molecule has 96 valence electrons. The lowest BCUT2D eigenvalue weighted by molar-refractivity contribution is -0.119. The van der Waals surface area contributed by atoms with Gasteiger partial charge in [0.05, 0.1) is 5.92 Å². The standard InChI is InChI=1S/C15H13ClN2O/c1-8(15(17)19)9-2-4-11-12-7-10(16)3-5-13(12)18-14(11)6-9/h2-8,18H,1H3,(H2,17,19)/t8-/m1/s1. The summed E-state index contributed by atoms with van der Waals surface area (Å²) in [7, 11) is 0. The largest absolute Gasteiger partial charge is 0.369 e. The number of carbonyl (C=O) groups excluding carboxylic acids is 1. The quantitative estimate of drug-likeness (QED) is 0.736. The average Bonchev–Trinajstić information content (AvgIpc) is 2.74. The van der Waals surface area contributed by atoms with E-state index in [1.54, 1.807) is 0 Å². The molecular weight excluding hydrogens is 260 g/mol. The maximum absolute atomic E-state index is 11.2. The number of benzene rings is 2. The first-order chi connectivity index (χ1) is 9.06. The Labute approximate surface area is 115 Å². The van der Waals surface area contributed by atoms with Crippen molar-refractivity contribution in [2.24, 2.45) is 5.73 Å². The van der Waals surface area contributed by atoms with Crippen LogP contribution in [0.4, 0.5) is 0 Å². The molecule has 3 rings (SSSR count). The fourth-order valence-corrected chi connectivity index (χ4v) is 2.50. The second-order valence-electron chi connectivity index (χ2n) is 4.74. The number of primary amides is 1. The Morgan fingerprint density at radius 1 is 1.16 bits per heavy atom. The fraction of sp³-hybridized carbons (Fsp3) is 0.133. The number of rotatable bonds is 2. The van der Waals surface area contributed by atoms with E-state index in [-0.39, 0.29) is 11.8 Å². The van der Waals surface area contributed by atoms with E-state index in [9.17, 15) is 4.79 Å². The molecule has 0 fully saturated rings. The summed E-state index contributed by atoms with van der Waals surface area (Å²) >= 11 is 6.02. The molecule has 0 unspecified atom stereocenters. The molecule has 0 saturated heterocycles. The Hall–Kier alpha value is -2.00. The molecule has 1 aromatic heterocycles. The number of nitrogens with two attached hydrogens (primary N) is 1. The van der Waals surface area contributed by atoms with E-state index in [4.69, 9.17) is 17.3 Å². The zero-order chi connectivity index (χ0) is 13.6. The van der Waals surface area contributed by atoms with Crippen LogP contribution in [0.15, 0.2) is 36.4 Å². The molecule has 4 heteroatoms. The van der Waals surface area contributed by atoms with Crippen molar-refractivity contribution < 1.29 is 4.79 Å². The molecule has 3 nitrogen and oxygen atoms in total. The number of halogens is 1. The SMILES string of the molecule is C[C@@H](C(N)=O)c1ccc2c(c1)[nH]c1ccc(Cl)cc12. The van der Waals surface area contributed by atoms with Gasteiger partial charge in [0.2, 0.25) is 5.91 Å². The zero-order valence-corrected chi connectivity index (χ0v) is 11.2. The van der Waals surface area contributed by atoms with E-state index in [0.29, 0.717) is 5.02 Å². The first-order valence-corrected chi connectivity index (χ1v) is 6.44. The maximum Gasteiger partial charge on any atom is 0.224 e. The van der Waals surface area contributed by atoms with Gasteiger partial charge >= 0.3 is 0 Å². The molecule has 0 aliphatic rings. The molecule has 0 spiro atoms. The van der Waals surface area contributed by atoms with Gasteiger partial charge in [-0.05, 0) is 36.8 Å². The minimum atomic E-state index is -0.321. The molecule has 1 amide bonds. The third-order valence-corrected chi connectivity index (χ3v) is 3.75. The lowest BCUT2D eigenvalue weighted by atomic mass is 9.99. The summed E-state index contributed by atoms with van der Waals surface area (Å²) in [5.41, 5.74) is 8.27. The van der Waals surface area contributed by atoms with Crippen molar-refractivity contribution in [2.45, 2.75) is 12.8 Å². The topological polar surface area (TPSA) is 58.9 Å². The molecular formula is C15H13ClN2O. The molecule has 0 radical (unpaired) electrons. The minimum Gasteiger partial charge on any atom is -0.369 e. The van der Waals surface area contributed by atoms with Crippen LogP contribution in [0.25, 0.3) is 21.8 Å². The summed E-state index contributed by atoms with van der Waals surface area (Å²) in [5.74, 6) is -0.613. The van der Waals surface area contributed by atoms with E-state index >= 15 is 0 Å². The Morgan fingerprint density at radius 3 is 2.68 bits per heavy atom. The van der Waals surface area contributed by atoms with Gasteiger partial charge in [-0.3, -0.25) is 4.79 Å². The van der Waals surface area contributed by atoms with Crippen LogP contribution in [0.5, 0.6) is 0 Å². The summed E-state index contributed by atoms with van der Waals surface area (Å²) in [4.78, 5) is 14.6. The molecule has 0 bridgehead atoms. The van der Waals surface area contributed by atoms with Crippen molar-refractivity contribution in [2.75, 3.05) is 0 Å². The molecule has 0 aliphatic heterocycles. The Kier molecular flexibility index (Phi) is 2.72. The highest BCUT2D eigenvalue weighted by Crippen LogP contribution is 2.29. The van der Waals surface area contributed by atoms with Gasteiger partial charge in [-0.1, -0.05) is 23.7 Å². The van der Waals surface area contributed by atoms with Crippen LogP contribution in [0.1, 0.15) is 18.4 Å². The maximum atomic E-state index is 11.2. The van der Waals surface area contributed by atoms with Crippen molar-refractivity contribution >= 4 is 39.3 Å². The number of carbonyl (C=O) groups is 1. The summed E-state index contributed by atoms with van der Waals surface area (Å²) in [6.07, 6.45) is 0. The minimum absolute atomic E-state index is 0.292. The van der Waals surface area contributed by atoms with Crippen LogP contribution in [0.2, 0.25) is 5.02 Å². The Bertz CT molecular complexity index is 791. The van der Waals surface area contributed by atoms with Crippen LogP contribution in [0, 0.1) is 0 Å². The van der Waals surface area contributed by atoms with Crippen molar-refractivity contribution in [3.63, 3.8) is 0 Å². The first kappa shape index (κ1) is 12.1. The fourth-order valence-electron chi connectivity index (χ4n) is 2.33. The number of H-pyrrole nitrogens is 1. The van der Waals surface area contributed by atoms with Gasteiger partial charge < -0.3 is 10.7 Å². The van der Waals surface area contributed by atoms with Gasteiger partial charge in [-0.15, -0.1) is 0 Å². The van der Waals surface area contributed by atoms with Gasteiger partial charge in [-0.25, -0.2) is 0 Å². The van der Waals surface area contributed by atoms with Gasteiger partial charge in [0.15, 0.2) is 0 Å². The zero-order valence-electron chi connectivity index (χ0n) is 10.4. The second-order valence-corrected chi connectivity index (χ2v) is 5.18. The number of nitrogens with one attached hydrogen (secondary N) is 1. The van der Waals surface area contributed by atoms with Crippen LogP contribution >= 0.6 is 11.6 Å². The summed E-state index contributed by atoms with van der Waals surface area (Å²) in [6, 6.07) is 11.7. The first-order valence-electron chi connectivity index (χ1n) is 6.06. The van der Waals surface area contributed by atoms with E-state index < -0.39 is 0 Å². The van der Waals surface area contributed by atoms with Gasteiger partial charge in [0.1, 0.15) is 0 Å². The lowest BCUT2D eigenvalue weighted by Gasteiger charge is -2.07. The van der Waals surface area contributed by atoms with Gasteiger partial charge in [0.25, 0.3) is 0 Å². The van der Waals surface area contributed by atoms with Crippen molar-refractivity contribution in [3.8, 4) is 0 Å². The van der Waals surface area contributed by atoms with Gasteiger partial charge in [0, 0.05) is 26.8 Å². The predicted octanol–water partition coefficient (Wildman–Crippen LogP) is 3.56. The Morgan fingerprint density at radius 2 is 1.95 bits per heavy atom. The predicted molar refractivity (Wildman–Crippen MR) is 78.4 cm³/mol. The Balaban J connectivity index is 2.24. The smallest absolute Gasteiger partial charge is 0.224 e. The van der Waals surface area contributed by atoms with Gasteiger partial charge in [-0.2, -0.15) is 0 Å². The molecule has 3 aromatic rings. The number of hydrogen-bond acceptors (Lipinski definition) is 1. The van der Waals surface area contributed by atoms with E-state index in [1.165, 1.54) is 0 Å². The highest BCUT2D eigenvalue weighted by molar-refractivity contribution is 6.31. The van der Waals surface area contributed by atoms with Crippen molar-refractivity contribution in [3.05, 3.63) is 47.0 Å². The lowest BCUT2D eigenvalue weighted by Crippen LogP contribution is -2.18. The average molecular weight is 273 g/mol. The molecule has 3 N–H and O–H groups in total. The molecule has 1 atom stereocenters. The monoisotopic (exact) mass is 272 g/mol. The summed E-state index contributed by atoms with van der Waals surface area (Å²) < 4.78 is 0.